The van der Waals surface area contributed by atoms with E-state index in [1.165, 1.54) is 0 Å². The van der Waals surface area contributed by atoms with Gasteiger partial charge in [-0.25, -0.2) is 0 Å². The molecule has 0 bridgehead atoms. The highest BCUT2D eigenvalue weighted by atomic mass is 79.9. The van der Waals surface area contributed by atoms with Crippen LogP contribution in [0.2, 0.25) is 5.02 Å². The lowest BCUT2D eigenvalue weighted by molar-refractivity contribution is 0.688. The number of hydrogen-bond acceptors (Lipinski definition) is 2. The molecule has 1 aromatic carbocycles. The number of aromatic nitrogens is 1. The predicted octanol–water partition coefficient (Wildman–Crippen LogP) is 4.11. The van der Waals surface area contributed by atoms with Crippen LogP contribution < -0.4 is 5.32 Å². The molecule has 0 amide bonds. The SMILES string of the molecule is CNC(c1cncc(Br)c1)c1ccc(C)c(Cl)c1. The molecule has 1 heterocycles. The minimum absolute atomic E-state index is 0.0908. The maximum atomic E-state index is 6.18. The highest BCUT2D eigenvalue weighted by Gasteiger charge is 2.13. The van der Waals surface area contributed by atoms with E-state index in [-0.39, 0.29) is 6.04 Å². The van der Waals surface area contributed by atoms with E-state index in [0.29, 0.717) is 0 Å². The summed E-state index contributed by atoms with van der Waals surface area (Å²) in [7, 11) is 1.93. The maximum Gasteiger partial charge on any atom is 0.0590 e. The first-order valence-corrected chi connectivity index (χ1v) is 6.82. The maximum absolute atomic E-state index is 6.18. The summed E-state index contributed by atoms with van der Waals surface area (Å²) in [5.41, 5.74) is 3.32. The van der Waals surface area contributed by atoms with Crippen LogP contribution >= 0.6 is 27.5 Å². The van der Waals surface area contributed by atoms with Crippen LogP contribution in [0.1, 0.15) is 22.7 Å². The Balaban J connectivity index is 2.42. The molecule has 2 aromatic rings. The van der Waals surface area contributed by atoms with Crippen LogP contribution in [0.3, 0.4) is 0 Å². The zero-order valence-corrected chi connectivity index (χ0v) is 12.6. The molecule has 2 rings (SSSR count). The lowest BCUT2D eigenvalue weighted by Gasteiger charge is -2.17. The average molecular weight is 326 g/mol. The van der Waals surface area contributed by atoms with E-state index in [1.807, 2.05) is 32.3 Å². The van der Waals surface area contributed by atoms with E-state index in [2.05, 4.69) is 38.4 Å². The van der Waals surface area contributed by atoms with Gasteiger partial charge in [0.1, 0.15) is 0 Å². The third-order valence-corrected chi connectivity index (χ3v) is 3.72. The van der Waals surface area contributed by atoms with Gasteiger partial charge >= 0.3 is 0 Å². The Labute approximate surface area is 121 Å². The predicted molar refractivity (Wildman–Crippen MR) is 79.0 cm³/mol. The van der Waals surface area contributed by atoms with Gasteiger partial charge in [0.05, 0.1) is 6.04 Å². The second-order valence-corrected chi connectivity index (χ2v) is 5.49. The lowest BCUT2D eigenvalue weighted by atomic mass is 9.99. The standard InChI is InChI=1S/C14H14BrClN2/c1-9-3-4-10(6-13(9)16)14(17-2)11-5-12(15)8-18-7-11/h3-8,14,17H,1-2H3. The van der Waals surface area contributed by atoms with Crippen LogP contribution in [0.5, 0.6) is 0 Å². The fourth-order valence-corrected chi connectivity index (χ4v) is 2.47. The fourth-order valence-electron chi connectivity index (χ4n) is 1.90. The van der Waals surface area contributed by atoms with Crippen molar-refractivity contribution in [2.45, 2.75) is 13.0 Å². The van der Waals surface area contributed by atoms with Crippen LogP contribution in [-0.4, -0.2) is 12.0 Å². The first-order valence-electron chi connectivity index (χ1n) is 5.65. The molecule has 0 radical (unpaired) electrons. The molecule has 0 aliphatic heterocycles. The molecule has 1 atom stereocenters. The number of rotatable bonds is 3. The van der Waals surface area contributed by atoms with Crippen molar-refractivity contribution in [3.05, 3.63) is 62.8 Å². The van der Waals surface area contributed by atoms with Crippen LogP contribution in [-0.2, 0) is 0 Å². The van der Waals surface area contributed by atoms with Crippen LogP contribution in [0.15, 0.2) is 41.1 Å². The minimum atomic E-state index is 0.0908. The second kappa shape index (κ2) is 5.83. The van der Waals surface area contributed by atoms with Gasteiger partial charge in [-0.3, -0.25) is 4.98 Å². The smallest absolute Gasteiger partial charge is 0.0590 e. The third kappa shape index (κ3) is 2.91. The molecule has 4 heteroatoms. The van der Waals surface area contributed by atoms with Gasteiger partial charge in [-0.1, -0.05) is 23.7 Å². The van der Waals surface area contributed by atoms with E-state index >= 15 is 0 Å². The summed E-state index contributed by atoms with van der Waals surface area (Å²) in [5.74, 6) is 0. The fraction of sp³-hybridized carbons (Fsp3) is 0.214. The number of halogens is 2. The highest BCUT2D eigenvalue weighted by molar-refractivity contribution is 9.10. The van der Waals surface area contributed by atoms with E-state index in [9.17, 15) is 0 Å². The van der Waals surface area contributed by atoms with Crippen molar-refractivity contribution in [2.24, 2.45) is 0 Å². The lowest BCUT2D eigenvalue weighted by Crippen LogP contribution is -2.17. The Hall–Kier alpha value is -0.900. The second-order valence-electron chi connectivity index (χ2n) is 4.17. The van der Waals surface area contributed by atoms with E-state index < -0.39 is 0 Å². The number of hydrogen-bond donors (Lipinski definition) is 1. The zero-order chi connectivity index (χ0) is 13.1. The molecule has 94 valence electrons. The molecule has 0 saturated carbocycles. The number of pyridine rings is 1. The summed E-state index contributed by atoms with van der Waals surface area (Å²) < 4.78 is 0.971. The molecular formula is C14H14BrClN2. The van der Waals surface area contributed by atoms with Crippen molar-refractivity contribution >= 4 is 27.5 Å². The monoisotopic (exact) mass is 324 g/mol. The minimum Gasteiger partial charge on any atom is -0.309 e. The van der Waals surface area contributed by atoms with Crippen molar-refractivity contribution in [1.82, 2.24) is 10.3 Å². The molecule has 1 aromatic heterocycles. The van der Waals surface area contributed by atoms with Crippen LogP contribution in [0, 0.1) is 6.92 Å². The van der Waals surface area contributed by atoms with Gasteiger partial charge in [-0.15, -0.1) is 0 Å². The normalized spacial score (nSPS) is 12.4. The molecule has 2 nitrogen and oxygen atoms in total. The molecule has 18 heavy (non-hydrogen) atoms. The quantitative estimate of drug-likeness (QED) is 0.918. The Morgan fingerprint density at radius 1 is 1.22 bits per heavy atom. The van der Waals surface area contributed by atoms with Crippen molar-refractivity contribution < 1.29 is 0 Å². The molecule has 0 aliphatic carbocycles. The average Bonchev–Trinajstić information content (AvgIpc) is 2.35. The summed E-state index contributed by atoms with van der Waals surface area (Å²) in [4.78, 5) is 4.20. The number of aryl methyl sites for hydroxylation is 1. The Morgan fingerprint density at radius 2 is 2.00 bits per heavy atom. The summed E-state index contributed by atoms with van der Waals surface area (Å²) >= 11 is 9.62. The van der Waals surface area contributed by atoms with Gasteiger partial charge in [0.2, 0.25) is 0 Å². The summed E-state index contributed by atoms with van der Waals surface area (Å²) in [6.45, 7) is 2.00. The zero-order valence-electron chi connectivity index (χ0n) is 10.2. The highest BCUT2D eigenvalue weighted by Crippen LogP contribution is 2.26. The molecule has 1 N–H and O–H groups in total. The van der Waals surface area contributed by atoms with Gasteiger partial charge in [0.25, 0.3) is 0 Å². The van der Waals surface area contributed by atoms with Gasteiger partial charge < -0.3 is 5.32 Å². The van der Waals surface area contributed by atoms with Crippen LogP contribution in [0.4, 0.5) is 0 Å². The van der Waals surface area contributed by atoms with Gasteiger partial charge in [-0.2, -0.15) is 0 Å². The number of nitrogens with zero attached hydrogens (tertiary/aromatic N) is 1. The van der Waals surface area contributed by atoms with E-state index in [1.54, 1.807) is 6.20 Å². The number of benzene rings is 1. The largest absolute Gasteiger partial charge is 0.309 e. The van der Waals surface area contributed by atoms with E-state index in [0.717, 1.165) is 26.2 Å². The van der Waals surface area contributed by atoms with Crippen molar-refractivity contribution in [2.75, 3.05) is 7.05 Å². The molecular weight excluding hydrogens is 312 g/mol. The number of nitrogens with one attached hydrogen (secondary N) is 1. The molecule has 0 saturated heterocycles. The van der Waals surface area contributed by atoms with Crippen LogP contribution in [0.25, 0.3) is 0 Å². The molecule has 0 spiro atoms. The summed E-state index contributed by atoms with van der Waals surface area (Å²) in [6, 6.07) is 8.27. The van der Waals surface area contributed by atoms with Gasteiger partial charge in [0, 0.05) is 21.9 Å². The topological polar surface area (TPSA) is 24.9 Å². The molecule has 0 aliphatic rings. The Morgan fingerprint density at radius 3 is 2.61 bits per heavy atom. The van der Waals surface area contributed by atoms with Crippen molar-refractivity contribution in [1.29, 1.82) is 0 Å². The van der Waals surface area contributed by atoms with E-state index in [4.69, 9.17) is 11.6 Å². The summed E-state index contributed by atoms with van der Waals surface area (Å²) in [6.07, 6.45) is 3.64. The van der Waals surface area contributed by atoms with Gasteiger partial charge in [-0.05, 0) is 58.7 Å². The first-order chi connectivity index (χ1) is 8.61. The van der Waals surface area contributed by atoms with Crippen molar-refractivity contribution in [3.63, 3.8) is 0 Å². The van der Waals surface area contributed by atoms with Crippen molar-refractivity contribution in [3.8, 4) is 0 Å². The molecule has 1 unspecified atom stereocenters. The summed E-state index contributed by atoms with van der Waals surface area (Å²) in [5, 5.41) is 4.08. The first kappa shape index (κ1) is 13.5. The Bertz CT molecular complexity index is 557. The third-order valence-electron chi connectivity index (χ3n) is 2.88. The molecule has 0 fully saturated rings. The van der Waals surface area contributed by atoms with Gasteiger partial charge in [0.15, 0.2) is 0 Å². The Kier molecular flexibility index (Phi) is 4.38.